The number of pyridine rings is 2. The summed E-state index contributed by atoms with van der Waals surface area (Å²) in [7, 11) is 0. The van der Waals surface area contributed by atoms with Gasteiger partial charge in [0.2, 0.25) is 0 Å². The van der Waals surface area contributed by atoms with E-state index in [1.807, 2.05) is 0 Å². The predicted molar refractivity (Wildman–Crippen MR) is 115 cm³/mol. The topological polar surface area (TPSA) is 106 Å². The number of nitrogens with zero attached hydrogens (tertiary/aromatic N) is 3. The van der Waals surface area contributed by atoms with Crippen molar-refractivity contribution in [2.24, 2.45) is 5.73 Å². The second kappa shape index (κ2) is 10.1. The van der Waals surface area contributed by atoms with Crippen LogP contribution >= 0.6 is 11.6 Å². The number of carboxylic acid groups (broad SMARTS) is 1. The molecule has 1 aromatic carbocycles. The van der Waals surface area contributed by atoms with E-state index in [4.69, 9.17) is 22.4 Å². The van der Waals surface area contributed by atoms with Gasteiger partial charge in [-0.1, -0.05) is 35.9 Å². The molecule has 7 nitrogen and oxygen atoms in total. The molecule has 0 saturated carbocycles. The molecule has 0 radical (unpaired) electrons. The fraction of sp³-hybridized carbons (Fsp3) is 0.227. The van der Waals surface area contributed by atoms with Crippen molar-refractivity contribution in [3.05, 3.63) is 93.3 Å². The molecule has 2 aromatic heterocycles. The van der Waals surface area contributed by atoms with Crippen LogP contribution in [0.2, 0.25) is 5.02 Å². The van der Waals surface area contributed by atoms with Crippen LogP contribution in [0, 0.1) is 11.0 Å². The number of carboxylic acids is 1. The molecule has 3 aromatic rings. The molecule has 33 heavy (non-hydrogen) atoms. The Morgan fingerprint density at radius 3 is 2.52 bits per heavy atom. The second-order valence-corrected chi connectivity index (χ2v) is 7.65. The first kappa shape index (κ1) is 24.3. The van der Waals surface area contributed by atoms with Crippen molar-refractivity contribution in [3.8, 4) is 0 Å². The largest absolute Gasteiger partial charge is 0.618 e. The number of alkyl halides is 2. The van der Waals surface area contributed by atoms with Crippen LogP contribution in [-0.2, 0) is 30.2 Å². The number of hydrogen-bond donors (Lipinski definition) is 2. The summed E-state index contributed by atoms with van der Waals surface area (Å²) in [6.07, 6.45) is 1.18. The van der Waals surface area contributed by atoms with E-state index in [2.05, 4.69) is 4.98 Å². The quantitative estimate of drug-likeness (QED) is 0.359. The average molecular weight is 481 g/mol. The third-order valence-electron chi connectivity index (χ3n) is 4.97. The van der Waals surface area contributed by atoms with Crippen LogP contribution in [0.15, 0.2) is 54.9 Å². The van der Waals surface area contributed by atoms with Crippen LogP contribution < -0.4 is 15.4 Å². The van der Waals surface area contributed by atoms with Crippen molar-refractivity contribution in [2.45, 2.75) is 25.4 Å². The van der Waals surface area contributed by atoms with Crippen molar-refractivity contribution in [1.82, 2.24) is 4.98 Å². The van der Waals surface area contributed by atoms with Gasteiger partial charge in [-0.2, -0.15) is 13.5 Å². The van der Waals surface area contributed by atoms with Gasteiger partial charge in [-0.3, -0.25) is 4.79 Å². The fourth-order valence-electron chi connectivity index (χ4n) is 3.38. The second-order valence-electron chi connectivity index (χ2n) is 7.24. The lowest BCUT2D eigenvalue weighted by Crippen LogP contribution is -2.44. The summed E-state index contributed by atoms with van der Waals surface area (Å²) in [6.45, 7) is -1.23. The Labute approximate surface area is 192 Å². The van der Waals surface area contributed by atoms with E-state index < -0.39 is 42.2 Å². The van der Waals surface area contributed by atoms with Crippen molar-refractivity contribution in [1.29, 1.82) is 0 Å². The first-order chi connectivity index (χ1) is 15.6. The molecule has 0 saturated heterocycles. The zero-order valence-electron chi connectivity index (χ0n) is 17.2. The Kier molecular flexibility index (Phi) is 7.39. The van der Waals surface area contributed by atoms with Crippen LogP contribution in [0.3, 0.4) is 0 Å². The zero-order valence-corrected chi connectivity index (χ0v) is 18.0. The Morgan fingerprint density at radius 1 is 1.21 bits per heavy atom. The van der Waals surface area contributed by atoms with Gasteiger partial charge in [0, 0.05) is 37.0 Å². The molecular formula is C22H20ClF3N4O3. The molecule has 3 rings (SSSR count). The number of carbonyl (C=O) groups is 1. The SMILES string of the molecule is NCc1ccccc1CN(CC(F)(F)c1cccc[n+]1[O-])c1ncc(Cl)c(CC(=O)O)c1F. The van der Waals surface area contributed by atoms with Crippen LogP contribution in [0.4, 0.5) is 19.0 Å². The molecule has 11 heteroatoms. The summed E-state index contributed by atoms with van der Waals surface area (Å²) in [6, 6.07) is 10.3. The number of anilines is 1. The van der Waals surface area contributed by atoms with E-state index in [1.165, 1.54) is 12.1 Å². The fourth-order valence-corrected chi connectivity index (χ4v) is 3.58. The Balaban J connectivity index is 2.10. The van der Waals surface area contributed by atoms with Gasteiger partial charge in [-0.15, -0.1) is 0 Å². The molecule has 174 valence electrons. The minimum absolute atomic E-state index is 0.0352. The number of aliphatic carboxylic acids is 1. The maximum absolute atomic E-state index is 15.3. The molecule has 3 N–H and O–H groups in total. The number of halogens is 4. The van der Waals surface area contributed by atoms with Gasteiger partial charge in [0.15, 0.2) is 17.8 Å². The minimum atomic E-state index is -3.71. The molecular weight excluding hydrogens is 461 g/mol. The standard InChI is InChI=1S/C22H20ClF3N4O3/c23-17-11-28-21(20(24)16(17)9-19(31)32)29(12-15-6-2-1-5-14(15)10-27)13-22(25,26)18-7-3-4-8-30(18)33/h1-8,11H,9-10,12-13,27H2,(H,31,32). The van der Waals surface area contributed by atoms with E-state index >= 15 is 13.2 Å². The van der Waals surface area contributed by atoms with Gasteiger partial charge in [0.1, 0.15) is 0 Å². The van der Waals surface area contributed by atoms with Crippen LogP contribution in [0.5, 0.6) is 0 Å². The summed E-state index contributed by atoms with van der Waals surface area (Å²) in [5.74, 6) is -6.71. The molecule has 0 bridgehead atoms. The van der Waals surface area contributed by atoms with E-state index in [9.17, 15) is 10.0 Å². The molecule has 0 fully saturated rings. The molecule has 0 aliphatic carbocycles. The highest BCUT2D eigenvalue weighted by molar-refractivity contribution is 6.31. The summed E-state index contributed by atoms with van der Waals surface area (Å²) < 4.78 is 45.7. The van der Waals surface area contributed by atoms with Crippen LogP contribution in [0.25, 0.3) is 0 Å². The van der Waals surface area contributed by atoms with E-state index in [-0.39, 0.29) is 28.4 Å². The summed E-state index contributed by atoms with van der Waals surface area (Å²) in [5.41, 5.74) is 5.72. The molecule has 0 atom stereocenters. The highest BCUT2D eigenvalue weighted by atomic mass is 35.5. The zero-order chi connectivity index (χ0) is 24.2. The van der Waals surface area contributed by atoms with Gasteiger partial charge in [0.05, 0.1) is 18.0 Å². The monoisotopic (exact) mass is 480 g/mol. The van der Waals surface area contributed by atoms with E-state index in [0.717, 1.165) is 23.4 Å². The van der Waals surface area contributed by atoms with Gasteiger partial charge in [0.25, 0.3) is 5.69 Å². The lowest BCUT2D eigenvalue weighted by Gasteiger charge is -2.29. The van der Waals surface area contributed by atoms with Crippen molar-refractivity contribution in [2.75, 3.05) is 11.4 Å². The van der Waals surface area contributed by atoms with Crippen LogP contribution in [0.1, 0.15) is 22.4 Å². The molecule has 0 aliphatic rings. The molecule has 0 spiro atoms. The summed E-state index contributed by atoms with van der Waals surface area (Å²) >= 11 is 5.91. The molecule has 0 amide bonds. The normalized spacial score (nSPS) is 11.4. The van der Waals surface area contributed by atoms with Gasteiger partial charge < -0.3 is 20.9 Å². The number of benzene rings is 1. The van der Waals surface area contributed by atoms with Gasteiger partial charge in [-0.25, -0.2) is 9.37 Å². The third-order valence-corrected chi connectivity index (χ3v) is 5.29. The minimum Gasteiger partial charge on any atom is -0.618 e. The first-order valence-electron chi connectivity index (χ1n) is 9.77. The lowest BCUT2D eigenvalue weighted by molar-refractivity contribution is -0.624. The van der Waals surface area contributed by atoms with Gasteiger partial charge in [-0.05, 0) is 17.2 Å². The molecule has 0 unspecified atom stereocenters. The average Bonchev–Trinajstić information content (AvgIpc) is 2.76. The lowest BCUT2D eigenvalue weighted by atomic mass is 10.1. The maximum atomic E-state index is 15.3. The smallest absolute Gasteiger partial charge is 0.348 e. The predicted octanol–water partition coefficient (Wildman–Crippen LogP) is 3.39. The number of aromatic nitrogens is 2. The van der Waals surface area contributed by atoms with Crippen LogP contribution in [-0.4, -0.2) is 22.6 Å². The Morgan fingerprint density at radius 2 is 1.88 bits per heavy atom. The number of nitrogens with two attached hydrogens (primary N) is 1. The van der Waals surface area contributed by atoms with Gasteiger partial charge >= 0.3 is 11.9 Å². The molecule has 0 aliphatic heterocycles. The maximum Gasteiger partial charge on any atom is 0.348 e. The van der Waals surface area contributed by atoms with Crippen molar-refractivity contribution < 1.29 is 27.8 Å². The molecule has 2 heterocycles. The Bertz CT molecular complexity index is 1160. The number of hydrogen-bond acceptors (Lipinski definition) is 5. The Hall–Kier alpha value is -3.37. The highest BCUT2D eigenvalue weighted by Gasteiger charge is 2.42. The number of rotatable bonds is 9. The first-order valence-corrected chi connectivity index (χ1v) is 10.1. The van der Waals surface area contributed by atoms with Crippen molar-refractivity contribution >= 4 is 23.4 Å². The van der Waals surface area contributed by atoms with E-state index in [1.54, 1.807) is 24.3 Å². The van der Waals surface area contributed by atoms with Crippen molar-refractivity contribution in [3.63, 3.8) is 0 Å². The summed E-state index contributed by atoms with van der Waals surface area (Å²) in [5, 5.41) is 20.8. The summed E-state index contributed by atoms with van der Waals surface area (Å²) in [4.78, 5) is 16.0. The van der Waals surface area contributed by atoms with E-state index in [0.29, 0.717) is 11.1 Å². The third kappa shape index (κ3) is 5.52. The highest BCUT2D eigenvalue weighted by Crippen LogP contribution is 2.33.